The van der Waals surface area contributed by atoms with Crippen molar-refractivity contribution in [3.63, 3.8) is 0 Å². The lowest BCUT2D eigenvalue weighted by molar-refractivity contribution is -0.159. The first-order valence-corrected chi connectivity index (χ1v) is 5.37. The maximum atomic E-state index is 11.6. The van der Waals surface area contributed by atoms with Gasteiger partial charge in [0, 0.05) is 0 Å². The maximum Gasteiger partial charge on any atom is 0.339 e. The van der Waals surface area contributed by atoms with E-state index in [4.69, 9.17) is 21.3 Å². The van der Waals surface area contributed by atoms with Gasteiger partial charge in [0.2, 0.25) is 0 Å². The van der Waals surface area contributed by atoms with Gasteiger partial charge in [0.15, 0.2) is 5.66 Å². The molecule has 98 valence electrons. The Morgan fingerprint density at radius 2 is 1.89 bits per heavy atom. The number of esters is 1. The molecule has 0 saturated heterocycles. The first-order chi connectivity index (χ1) is 8.35. The largest absolute Gasteiger partial charge is 0.479 e. The van der Waals surface area contributed by atoms with Gasteiger partial charge in [-0.15, -0.1) is 0 Å². The van der Waals surface area contributed by atoms with E-state index < -0.39 is 23.5 Å². The van der Waals surface area contributed by atoms with Gasteiger partial charge >= 0.3 is 11.9 Å². The van der Waals surface area contributed by atoms with Crippen molar-refractivity contribution in [1.82, 2.24) is 0 Å². The molecule has 0 aromatic heterocycles. The van der Waals surface area contributed by atoms with Crippen molar-refractivity contribution in [1.29, 1.82) is 0 Å². The highest BCUT2D eigenvalue weighted by molar-refractivity contribution is 5.86. The standard InChI is InChI=1S/C12H16N2O4/c1-8(12(13,14)11(16)17)10(15)18-7-9-5-3-2-4-6-9/h2-6,8H,7,13-14H2,1H3,(H,16,17). The third-order valence-electron chi connectivity index (χ3n) is 2.66. The van der Waals surface area contributed by atoms with E-state index in [1.165, 1.54) is 6.92 Å². The van der Waals surface area contributed by atoms with Crippen LogP contribution in [0.25, 0.3) is 0 Å². The smallest absolute Gasteiger partial charge is 0.339 e. The first-order valence-electron chi connectivity index (χ1n) is 5.37. The SMILES string of the molecule is CC(C(=O)OCc1ccccc1)C(N)(N)C(=O)O. The number of carbonyl (C=O) groups excluding carboxylic acids is 1. The molecular formula is C12H16N2O4. The Morgan fingerprint density at radius 3 is 2.39 bits per heavy atom. The Bertz CT molecular complexity index is 431. The van der Waals surface area contributed by atoms with Gasteiger partial charge in [-0.2, -0.15) is 0 Å². The van der Waals surface area contributed by atoms with E-state index in [2.05, 4.69) is 0 Å². The van der Waals surface area contributed by atoms with Gasteiger partial charge in [-0.1, -0.05) is 30.3 Å². The van der Waals surface area contributed by atoms with E-state index in [0.717, 1.165) is 5.56 Å². The molecule has 0 aliphatic carbocycles. The molecule has 0 aliphatic heterocycles. The summed E-state index contributed by atoms with van der Waals surface area (Å²) in [6.45, 7) is 1.38. The number of carbonyl (C=O) groups is 2. The van der Waals surface area contributed by atoms with Crippen LogP contribution in [0.5, 0.6) is 0 Å². The average molecular weight is 252 g/mol. The third-order valence-corrected chi connectivity index (χ3v) is 2.66. The first kappa shape index (κ1) is 14.1. The molecule has 6 heteroatoms. The summed E-state index contributed by atoms with van der Waals surface area (Å²) in [6.07, 6.45) is 0. The minimum atomic E-state index is -2.13. The summed E-state index contributed by atoms with van der Waals surface area (Å²) in [5.74, 6) is -3.34. The van der Waals surface area contributed by atoms with Crippen LogP contribution in [0.4, 0.5) is 0 Å². The van der Waals surface area contributed by atoms with Crippen LogP contribution < -0.4 is 11.5 Å². The zero-order valence-corrected chi connectivity index (χ0v) is 10.00. The van der Waals surface area contributed by atoms with E-state index in [1.54, 1.807) is 24.3 Å². The topological polar surface area (TPSA) is 116 Å². The van der Waals surface area contributed by atoms with Crippen molar-refractivity contribution in [2.45, 2.75) is 19.2 Å². The molecule has 1 unspecified atom stereocenters. The number of aliphatic carboxylic acids is 1. The Morgan fingerprint density at radius 1 is 1.33 bits per heavy atom. The Kier molecular flexibility index (Phi) is 4.41. The summed E-state index contributed by atoms with van der Waals surface area (Å²) in [5, 5.41) is 8.79. The molecular weight excluding hydrogens is 236 g/mol. The summed E-state index contributed by atoms with van der Waals surface area (Å²) in [4.78, 5) is 22.4. The predicted molar refractivity (Wildman–Crippen MR) is 64.1 cm³/mol. The van der Waals surface area contributed by atoms with Gasteiger partial charge in [-0.25, -0.2) is 4.79 Å². The van der Waals surface area contributed by atoms with Crippen LogP contribution in [0.2, 0.25) is 0 Å². The van der Waals surface area contributed by atoms with Crippen LogP contribution in [0.1, 0.15) is 12.5 Å². The number of carboxylic acids is 1. The van der Waals surface area contributed by atoms with Crippen molar-refractivity contribution in [2.75, 3.05) is 0 Å². The number of benzene rings is 1. The van der Waals surface area contributed by atoms with Crippen molar-refractivity contribution < 1.29 is 19.4 Å². The summed E-state index contributed by atoms with van der Waals surface area (Å²) >= 11 is 0. The van der Waals surface area contributed by atoms with Crippen LogP contribution in [0.15, 0.2) is 30.3 Å². The highest BCUT2D eigenvalue weighted by atomic mass is 16.5. The van der Waals surface area contributed by atoms with Crippen LogP contribution >= 0.6 is 0 Å². The van der Waals surface area contributed by atoms with E-state index in [0.29, 0.717) is 0 Å². The van der Waals surface area contributed by atoms with Gasteiger partial charge in [-0.3, -0.25) is 4.79 Å². The van der Waals surface area contributed by atoms with Crippen LogP contribution in [-0.4, -0.2) is 22.7 Å². The number of hydrogen-bond donors (Lipinski definition) is 3. The summed E-state index contributed by atoms with van der Waals surface area (Å²) < 4.78 is 4.96. The minimum Gasteiger partial charge on any atom is -0.479 e. The lowest BCUT2D eigenvalue weighted by Crippen LogP contribution is -2.63. The second-order valence-electron chi connectivity index (χ2n) is 4.05. The normalized spacial score (nSPS) is 12.8. The van der Waals surface area contributed by atoms with Gasteiger partial charge in [-0.05, 0) is 12.5 Å². The fourth-order valence-corrected chi connectivity index (χ4v) is 1.23. The third kappa shape index (κ3) is 3.28. The van der Waals surface area contributed by atoms with Crippen LogP contribution in [-0.2, 0) is 20.9 Å². The second-order valence-corrected chi connectivity index (χ2v) is 4.05. The van der Waals surface area contributed by atoms with Crippen LogP contribution in [0.3, 0.4) is 0 Å². The fourth-order valence-electron chi connectivity index (χ4n) is 1.23. The number of rotatable bonds is 5. The molecule has 0 amide bonds. The summed E-state index contributed by atoms with van der Waals surface area (Å²) in [7, 11) is 0. The monoisotopic (exact) mass is 252 g/mol. The van der Waals surface area contributed by atoms with E-state index in [1.807, 2.05) is 6.07 Å². The molecule has 18 heavy (non-hydrogen) atoms. The van der Waals surface area contributed by atoms with E-state index in [9.17, 15) is 9.59 Å². The van der Waals surface area contributed by atoms with E-state index >= 15 is 0 Å². The molecule has 0 aliphatic rings. The predicted octanol–water partition coefficient (Wildman–Crippen LogP) is 0.0642. The molecule has 5 N–H and O–H groups in total. The fraction of sp³-hybridized carbons (Fsp3) is 0.333. The van der Waals surface area contributed by atoms with Gasteiger partial charge in [0.05, 0.1) is 5.92 Å². The molecule has 1 rings (SSSR count). The molecule has 1 aromatic carbocycles. The van der Waals surface area contributed by atoms with Crippen molar-refractivity contribution in [3.8, 4) is 0 Å². The van der Waals surface area contributed by atoms with Crippen molar-refractivity contribution in [3.05, 3.63) is 35.9 Å². The molecule has 0 fully saturated rings. The lowest BCUT2D eigenvalue weighted by Gasteiger charge is -2.24. The maximum absolute atomic E-state index is 11.6. The molecule has 0 heterocycles. The summed E-state index contributed by atoms with van der Waals surface area (Å²) in [5.41, 5.74) is 9.37. The number of ether oxygens (including phenoxy) is 1. The molecule has 1 aromatic rings. The number of carboxylic acid groups (broad SMARTS) is 1. The van der Waals surface area contributed by atoms with Crippen molar-refractivity contribution in [2.24, 2.45) is 17.4 Å². The molecule has 1 atom stereocenters. The zero-order chi connectivity index (χ0) is 13.8. The Hall–Kier alpha value is -1.92. The number of hydrogen-bond acceptors (Lipinski definition) is 5. The lowest BCUT2D eigenvalue weighted by atomic mass is 9.96. The molecule has 0 bridgehead atoms. The molecule has 0 spiro atoms. The average Bonchev–Trinajstić information content (AvgIpc) is 2.36. The Labute approximate surface area is 105 Å². The quantitative estimate of drug-likeness (QED) is 0.504. The van der Waals surface area contributed by atoms with Gasteiger partial charge in [0.1, 0.15) is 6.61 Å². The van der Waals surface area contributed by atoms with E-state index in [-0.39, 0.29) is 6.61 Å². The van der Waals surface area contributed by atoms with Gasteiger partial charge < -0.3 is 21.3 Å². The highest BCUT2D eigenvalue weighted by Gasteiger charge is 2.41. The van der Waals surface area contributed by atoms with Crippen LogP contribution in [0, 0.1) is 5.92 Å². The molecule has 6 nitrogen and oxygen atoms in total. The number of nitrogens with two attached hydrogens (primary N) is 2. The Balaban J connectivity index is 2.59. The molecule has 0 saturated carbocycles. The second kappa shape index (κ2) is 5.61. The van der Waals surface area contributed by atoms with Gasteiger partial charge in [0.25, 0.3) is 0 Å². The zero-order valence-electron chi connectivity index (χ0n) is 10.00. The minimum absolute atomic E-state index is 0.0553. The molecule has 0 radical (unpaired) electrons. The highest BCUT2D eigenvalue weighted by Crippen LogP contribution is 2.12. The van der Waals surface area contributed by atoms with Crippen molar-refractivity contribution >= 4 is 11.9 Å². The summed E-state index contributed by atoms with van der Waals surface area (Å²) in [6, 6.07) is 9.02.